The number of allylic oxidation sites excluding steroid dienone is 1. The molecule has 1 saturated heterocycles. The van der Waals surface area contributed by atoms with Crippen LogP contribution in [0, 0.1) is 67.0 Å². The number of hydrogen-bond donors (Lipinski definition) is 0. The predicted molar refractivity (Wildman–Crippen MR) is 141 cm³/mol. The third kappa shape index (κ3) is 3.22. The molecule has 5 heteroatoms. The van der Waals surface area contributed by atoms with Crippen LogP contribution in [-0.4, -0.2) is 23.3 Å². The molecule has 0 aromatic heterocycles. The Balaban J connectivity index is 1.52. The van der Waals surface area contributed by atoms with E-state index in [2.05, 4.69) is 53.7 Å². The van der Waals surface area contributed by atoms with E-state index in [1.807, 2.05) is 19.9 Å². The molecule has 1 unspecified atom stereocenters. The van der Waals surface area contributed by atoms with Gasteiger partial charge in [-0.25, -0.2) is 0 Å². The zero-order valence-electron chi connectivity index (χ0n) is 24.1. The average Bonchev–Trinajstić information content (AvgIpc) is 3.56. The molecule has 1 aliphatic heterocycles. The minimum Gasteiger partial charge on any atom is -0.342 e. The van der Waals surface area contributed by atoms with Crippen molar-refractivity contribution in [3.63, 3.8) is 0 Å². The molecule has 0 aromatic rings. The number of nitriles is 2. The van der Waals surface area contributed by atoms with Crippen molar-refractivity contribution < 1.29 is 14.3 Å². The van der Waals surface area contributed by atoms with E-state index in [0.29, 0.717) is 12.3 Å². The lowest BCUT2D eigenvalue weighted by molar-refractivity contribution is -0.143. The minimum atomic E-state index is -1.39. The van der Waals surface area contributed by atoms with E-state index in [9.17, 15) is 20.1 Å². The van der Waals surface area contributed by atoms with Gasteiger partial charge < -0.3 is 4.74 Å². The number of fused-ring (bicyclic) bond motifs is 5. The average molecular weight is 505 g/mol. The number of epoxide rings is 1. The van der Waals surface area contributed by atoms with Crippen molar-refractivity contribution in [2.45, 2.75) is 118 Å². The first-order chi connectivity index (χ1) is 17.0. The zero-order chi connectivity index (χ0) is 27.4. The fraction of sp³-hybridized carbons (Fsp3) is 0.812. The van der Waals surface area contributed by atoms with Crippen LogP contribution in [-0.2, 0) is 14.3 Å². The number of ketones is 2. The number of ether oxygens (including phenoxy) is 1. The fourth-order valence-electron chi connectivity index (χ4n) is 9.85. The first-order valence-corrected chi connectivity index (χ1v) is 14.3. The summed E-state index contributed by atoms with van der Waals surface area (Å²) in [5.74, 6) is 0.358. The van der Waals surface area contributed by atoms with Crippen LogP contribution >= 0.6 is 0 Å². The molecule has 37 heavy (non-hydrogen) atoms. The Kier molecular flexibility index (Phi) is 5.44. The molecule has 0 aromatic carbocycles. The molecule has 4 fully saturated rings. The molecule has 1 heterocycles. The van der Waals surface area contributed by atoms with Gasteiger partial charge in [-0.2, -0.15) is 10.5 Å². The Morgan fingerprint density at radius 1 is 0.973 bits per heavy atom. The Morgan fingerprint density at radius 2 is 1.65 bits per heavy atom. The van der Waals surface area contributed by atoms with Gasteiger partial charge >= 0.3 is 0 Å². The van der Waals surface area contributed by atoms with E-state index in [-0.39, 0.29) is 39.1 Å². The van der Waals surface area contributed by atoms with Crippen LogP contribution in [0.25, 0.3) is 0 Å². The van der Waals surface area contributed by atoms with Crippen molar-refractivity contribution in [2.75, 3.05) is 0 Å². The second-order valence-corrected chi connectivity index (χ2v) is 15.4. The van der Waals surface area contributed by atoms with Gasteiger partial charge in [-0.1, -0.05) is 61.0 Å². The molecule has 0 bridgehead atoms. The Bertz CT molecular complexity index is 1190. The second kappa shape index (κ2) is 7.57. The smallest absolute Gasteiger partial charge is 0.240 e. The van der Waals surface area contributed by atoms with E-state index in [1.54, 1.807) is 0 Å². The molecule has 4 aliphatic carbocycles. The number of carbonyl (C=O) groups excluding carboxylic acids is 2. The minimum absolute atomic E-state index is 0.0157. The highest BCUT2D eigenvalue weighted by molar-refractivity contribution is 6.00. The van der Waals surface area contributed by atoms with Crippen molar-refractivity contribution in [1.29, 1.82) is 10.5 Å². The molecule has 200 valence electrons. The van der Waals surface area contributed by atoms with Crippen LogP contribution in [0.4, 0.5) is 0 Å². The molecule has 8 atom stereocenters. The quantitative estimate of drug-likeness (QED) is 0.398. The Hall–Kier alpha value is -1.98. The van der Waals surface area contributed by atoms with Gasteiger partial charge in [-0.15, -0.1) is 0 Å². The van der Waals surface area contributed by atoms with Crippen LogP contribution < -0.4 is 0 Å². The van der Waals surface area contributed by atoms with Crippen LogP contribution in [0.15, 0.2) is 11.6 Å². The number of nitrogens with zero attached hydrogens (tertiary/aromatic N) is 2. The summed E-state index contributed by atoms with van der Waals surface area (Å²) in [4.78, 5) is 26.9. The number of rotatable bonds is 3. The molecule has 0 radical (unpaired) electrons. The van der Waals surface area contributed by atoms with E-state index < -0.39 is 22.5 Å². The Labute approximate surface area is 223 Å². The van der Waals surface area contributed by atoms with Gasteiger partial charge in [0.15, 0.2) is 11.6 Å². The molecule has 0 spiro atoms. The number of hydrogen-bond acceptors (Lipinski definition) is 5. The van der Waals surface area contributed by atoms with Crippen molar-refractivity contribution in [3.8, 4) is 12.1 Å². The highest BCUT2D eigenvalue weighted by Crippen LogP contribution is 2.74. The van der Waals surface area contributed by atoms with Gasteiger partial charge in [0.05, 0.1) is 11.5 Å². The molecule has 3 saturated carbocycles. The number of Topliss-reactive ketones (excluding diaryl/α,β-unsaturated/α-hetero) is 1. The molecular formula is C32H44N2O3. The van der Waals surface area contributed by atoms with Gasteiger partial charge in [0, 0.05) is 17.3 Å². The highest BCUT2D eigenvalue weighted by atomic mass is 16.6. The van der Waals surface area contributed by atoms with E-state index in [0.717, 1.165) is 50.5 Å². The van der Waals surface area contributed by atoms with Crippen LogP contribution in [0.5, 0.6) is 0 Å². The largest absolute Gasteiger partial charge is 0.342 e. The first kappa shape index (κ1) is 26.6. The SMILES string of the molecule is CC1CC(C)(C)CC[C@]1(C#N)CC[C@]1(C)CC(=O)C=C2[C@@]3(C)[C@H]4O[C@@]4(C#N)C(=O)C(C)(C)[C@@H]3CC[C@]21C. The van der Waals surface area contributed by atoms with E-state index in [4.69, 9.17) is 4.74 Å². The zero-order valence-corrected chi connectivity index (χ0v) is 24.1. The topological polar surface area (TPSA) is 94.2 Å². The summed E-state index contributed by atoms with van der Waals surface area (Å²) < 4.78 is 6.05. The van der Waals surface area contributed by atoms with Crippen LogP contribution in [0.1, 0.15) is 107 Å². The lowest BCUT2D eigenvalue weighted by Gasteiger charge is -2.63. The number of carbonyl (C=O) groups is 2. The van der Waals surface area contributed by atoms with Crippen LogP contribution in [0.2, 0.25) is 0 Å². The highest BCUT2D eigenvalue weighted by Gasteiger charge is 2.81. The molecular weight excluding hydrogens is 460 g/mol. The third-order valence-corrected chi connectivity index (χ3v) is 12.5. The summed E-state index contributed by atoms with van der Waals surface area (Å²) in [5.41, 5.74) is -2.20. The van der Waals surface area contributed by atoms with E-state index >= 15 is 0 Å². The van der Waals surface area contributed by atoms with Crippen molar-refractivity contribution >= 4 is 11.6 Å². The standard InChI is InChI=1S/C32H44N2O3/c1-20-16-26(2,3)11-13-31(20,18-33)14-12-28(6)17-21(35)15-23-29(28,7)10-9-22-27(4,5)24(36)32(19-34)25(37-32)30(22,23)8/h15,20,22,25H,9-14,16-17H2,1-8H3/t20?,22-,25+,28+,29+,30-,31+,32-/m0/s1. The van der Waals surface area contributed by atoms with Gasteiger partial charge in [-0.3, -0.25) is 9.59 Å². The summed E-state index contributed by atoms with van der Waals surface area (Å²) in [6.45, 7) is 17.5. The maximum absolute atomic E-state index is 13.4. The maximum atomic E-state index is 13.4. The van der Waals surface area contributed by atoms with Gasteiger partial charge in [0.1, 0.15) is 12.2 Å². The lowest BCUT2D eigenvalue weighted by Crippen LogP contribution is -2.63. The normalized spacial score (nSPS) is 49.5. The lowest BCUT2D eigenvalue weighted by atomic mass is 9.38. The van der Waals surface area contributed by atoms with Gasteiger partial charge in [0.2, 0.25) is 5.60 Å². The van der Waals surface area contributed by atoms with Crippen molar-refractivity contribution in [1.82, 2.24) is 0 Å². The molecule has 0 N–H and O–H groups in total. The van der Waals surface area contributed by atoms with Crippen molar-refractivity contribution in [3.05, 3.63) is 11.6 Å². The molecule has 0 amide bonds. The van der Waals surface area contributed by atoms with Crippen LogP contribution in [0.3, 0.4) is 0 Å². The fourth-order valence-corrected chi connectivity index (χ4v) is 9.85. The van der Waals surface area contributed by atoms with E-state index in [1.165, 1.54) is 0 Å². The summed E-state index contributed by atoms with van der Waals surface area (Å²) in [5, 5.41) is 20.5. The summed E-state index contributed by atoms with van der Waals surface area (Å²) in [6, 6.07) is 4.99. The molecule has 5 rings (SSSR count). The van der Waals surface area contributed by atoms with Crippen molar-refractivity contribution in [2.24, 2.45) is 44.3 Å². The predicted octanol–water partition coefficient (Wildman–Crippen LogP) is 6.72. The second-order valence-electron chi connectivity index (χ2n) is 15.4. The first-order valence-electron chi connectivity index (χ1n) is 14.3. The summed E-state index contributed by atoms with van der Waals surface area (Å²) >= 11 is 0. The monoisotopic (exact) mass is 504 g/mol. The summed E-state index contributed by atoms with van der Waals surface area (Å²) in [7, 11) is 0. The third-order valence-electron chi connectivity index (χ3n) is 12.5. The maximum Gasteiger partial charge on any atom is 0.240 e. The van der Waals surface area contributed by atoms with Gasteiger partial charge in [0.25, 0.3) is 0 Å². The molecule has 5 nitrogen and oxygen atoms in total. The Morgan fingerprint density at radius 3 is 2.24 bits per heavy atom. The van der Waals surface area contributed by atoms with Gasteiger partial charge in [-0.05, 0) is 79.1 Å². The summed E-state index contributed by atoms with van der Waals surface area (Å²) in [6.07, 6.45) is 8.25. The molecule has 5 aliphatic rings.